The maximum atomic E-state index is 13.3. The smallest absolute Gasteiger partial charge is 0.370 e. The zero-order valence-corrected chi connectivity index (χ0v) is 17.2. The first-order valence-electron chi connectivity index (χ1n) is 9.42. The van der Waals surface area contributed by atoms with Crippen molar-refractivity contribution in [2.24, 2.45) is 7.05 Å². The lowest BCUT2D eigenvalue weighted by Crippen LogP contribution is -2.56. The summed E-state index contributed by atoms with van der Waals surface area (Å²) in [5, 5.41) is 7.63. The molecule has 0 aromatic carbocycles. The number of ether oxygens (including phenoxy) is 1. The van der Waals surface area contributed by atoms with Gasteiger partial charge in [0.2, 0.25) is 0 Å². The lowest BCUT2D eigenvalue weighted by atomic mass is 9.75. The van der Waals surface area contributed by atoms with E-state index in [-0.39, 0.29) is 31.6 Å². The highest BCUT2D eigenvalue weighted by atomic mass is 32.1. The Kier molecular flexibility index (Phi) is 5.11. The van der Waals surface area contributed by atoms with Crippen molar-refractivity contribution in [3.8, 4) is 0 Å². The van der Waals surface area contributed by atoms with E-state index in [1.54, 1.807) is 0 Å². The van der Waals surface area contributed by atoms with E-state index in [1.807, 2.05) is 0 Å². The predicted molar refractivity (Wildman–Crippen MR) is 96.0 cm³/mol. The van der Waals surface area contributed by atoms with E-state index in [2.05, 4.69) is 10.3 Å². The first-order chi connectivity index (χ1) is 14.3. The number of rotatable bonds is 1. The zero-order valence-electron chi connectivity index (χ0n) is 16.4. The van der Waals surface area contributed by atoms with Crippen LogP contribution in [-0.4, -0.2) is 44.6 Å². The third kappa shape index (κ3) is 3.81. The molecular formula is C18H18F6N4O2S. The van der Waals surface area contributed by atoms with Crippen molar-refractivity contribution in [3.05, 3.63) is 33.3 Å². The highest BCUT2D eigenvalue weighted by Crippen LogP contribution is 2.53. The summed E-state index contributed by atoms with van der Waals surface area (Å²) in [6, 6.07) is -1.09. The minimum absolute atomic E-state index is 0.0629. The van der Waals surface area contributed by atoms with Gasteiger partial charge in [-0.25, -0.2) is 0 Å². The second kappa shape index (κ2) is 7.19. The van der Waals surface area contributed by atoms with Crippen LogP contribution in [0.15, 0.2) is 12.3 Å². The van der Waals surface area contributed by atoms with Gasteiger partial charge in [0.15, 0.2) is 0 Å². The van der Waals surface area contributed by atoms with Crippen molar-refractivity contribution in [1.29, 1.82) is 0 Å². The number of nitrogens with zero attached hydrogens (tertiary/aromatic N) is 4. The normalized spacial score (nSPS) is 26.9. The molecule has 0 aliphatic carbocycles. The van der Waals surface area contributed by atoms with Gasteiger partial charge in [-0.2, -0.15) is 26.3 Å². The summed E-state index contributed by atoms with van der Waals surface area (Å²) in [6.45, 7) is 1.57. The van der Waals surface area contributed by atoms with Crippen molar-refractivity contribution < 1.29 is 35.9 Å². The molecule has 6 nitrogen and oxygen atoms in total. The number of likely N-dealkylation sites (tertiary alicyclic amines) is 1. The Bertz CT molecular complexity index is 1000. The fourth-order valence-electron chi connectivity index (χ4n) is 4.52. The largest absolute Gasteiger partial charge is 0.471 e. The number of carbonyl (C=O) groups is 1. The minimum atomic E-state index is -5.11. The lowest BCUT2D eigenvalue weighted by Gasteiger charge is -2.50. The molecule has 170 valence electrons. The standard InChI is InChI=1S/C18H18F6N4O2S/c1-9-6-16(10-5-14(17(19,20)21)31-13(10)3-4-30-16)7-12(11-8-27(2)26-25-11)28(9)15(29)18(22,23)24/h5,8-9,12H,3-4,6-7H2,1-2H3/t9-,12-,16?/m0/s1. The minimum Gasteiger partial charge on any atom is -0.370 e. The number of aromatic nitrogens is 3. The number of piperidine rings is 1. The van der Waals surface area contributed by atoms with Crippen LogP contribution in [0.3, 0.4) is 0 Å². The van der Waals surface area contributed by atoms with Gasteiger partial charge in [0.05, 0.1) is 24.4 Å². The van der Waals surface area contributed by atoms with Gasteiger partial charge in [-0.15, -0.1) is 16.4 Å². The Morgan fingerprint density at radius 1 is 1.26 bits per heavy atom. The van der Waals surface area contributed by atoms with E-state index in [1.165, 1.54) is 24.9 Å². The highest BCUT2D eigenvalue weighted by molar-refractivity contribution is 7.12. The number of fused-ring (bicyclic) bond motifs is 2. The summed E-state index contributed by atoms with van der Waals surface area (Å²) in [5.74, 6) is -2.03. The molecule has 1 unspecified atom stereocenters. The van der Waals surface area contributed by atoms with Crippen molar-refractivity contribution in [2.45, 2.75) is 56.2 Å². The molecule has 0 bridgehead atoms. The van der Waals surface area contributed by atoms with Crippen molar-refractivity contribution >= 4 is 17.2 Å². The van der Waals surface area contributed by atoms with E-state index in [0.717, 1.165) is 6.07 Å². The van der Waals surface area contributed by atoms with E-state index in [0.29, 0.717) is 26.7 Å². The van der Waals surface area contributed by atoms with Crippen molar-refractivity contribution in [3.63, 3.8) is 0 Å². The average Bonchev–Trinajstić information content (AvgIpc) is 3.27. The van der Waals surface area contributed by atoms with Crippen molar-refractivity contribution in [2.75, 3.05) is 6.61 Å². The third-order valence-electron chi connectivity index (χ3n) is 5.68. The molecule has 2 aliphatic rings. The molecule has 2 aliphatic heterocycles. The van der Waals surface area contributed by atoms with Crippen LogP contribution in [0.4, 0.5) is 26.3 Å². The average molecular weight is 468 g/mol. The molecule has 2 aromatic heterocycles. The van der Waals surface area contributed by atoms with Crippen LogP contribution in [-0.2, 0) is 34.8 Å². The van der Waals surface area contributed by atoms with Gasteiger partial charge < -0.3 is 9.64 Å². The molecule has 1 amide bonds. The summed E-state index contributed by atoms with van der Waals surface area (Å²) in [6.07, 6.45) is -8.18. The first kappa shape index (κ1) is 22.1. The molecular weight excluding hydrogens is 450 g/mol. The van der Waals surface area contributed by atoms with Crippen LogP contribution in [0.1, 0.15) is 46.8 Å². The van der Waals surface area contributed by atoms with Crippen LogP contribution in [0.2, 0.25) is 0 Å². The fraction of sp³-hybridized carbons (Fsp3) is 0.611. The second-order valence-corrected chi connectivity index (χ2v) is 8.98. The summed E-state index contributed by atoms with van der Waals surface area (Å²) < 4.78 is 87.2. The Labute approximate surface area is 176 Å². The fourth-order valence-corrected chi connectivity index (χ4v) is 5.62. The molecule has 1 spiro atoms. The first-order valence-corrected chi connectivity index (χ1v) is 10.2. The summed E-state index contributed by atoms with van der Waals surface area (Å²) in [5.41, 5.74) is -0.804. The van der Waals surface area contributed by atoms with Gasteiger partial charge in [0, 0.05) is 37.2 Å². The number of halogens is 6. The number of hydrogen-bond acceptors (Lipinski definition) is 5. The molecule has 0 N–H and O–H groups in total. The van der Waals surface area contributed by atoms with Gasteiger partial charge in [-0.1, -0.05) is 5.21 Å². The summed E-state index contributed by atoms with van der Waals surface area (Å²) in [4.78, 5) is 12.7. The molecule has 1 saturated heterocycles. The molecule has 3 atom stereocenters. The van der Waals surface area contributed by atoms with E-state index >= 15 is 0 Å². The van der Waals surface area contributed by atoms with Gasteiger partial charge in [0.25, 0.3) is 0 Å². The Balaban J connectivity index is 1.80. The third-order valence-corrected chi connectivity index (χ3v) is 6.92. The number of alkyl halides is 6. The zero-order chi connectivity index (χ0) is 22.8. The molecule has 1 fully saturated rings. The molecule has 0 radical (unpaired) electrons. The maximum absolute atomic E-state index is 13.3. The van der Waals surface area contributed by atoms with Gasteiger partial charge >= 0.3 is 18.3 Å². The molecule has 31 heavy (non-hydrogen) atoms. The summed E-state index contributed by atoms with van der Waals surface area (Å²) in [7, 11) is 1.53. The van der Waals surface area contributed by atoms with Crippen LogP contribution >= 0.6 is 11.3 Å². The highest BCUT2D eigenvalue weighted by Gasteiger charge is 2.55. The van der Waals surface area contributed by atoms with Crippen LogP contribution < -0.4 is 0 Å². The summed E-state index contributed by atoms with van der Waals surface area (Å²) >= 11 is 0.626. The topological polar surface area (TPSA) is 60.2 Å². The van der Waals surface area contributed by atoms with Crippen LogP contribution in [0.5, 0.6) is 0 Å². The molecule has 13 heteroatoms. The number of carbonyl (C=O) groups excluding carboxylic acids is 1. The number of hydrogen-bond donors (Lipinski definition) is 0. The molecule has 4 heterocycles. The van der Waals surface area contributed by atoms with Crippen LogP contribution in [0.25, 0.3) is 0 Å². The van der Waals surface area contributed by atoms with E-state index in [4.69, 9.17) is 4.74 Å². The molecule has 4 rings (SSSR count). The van der Waals surface area contributed by atoms with Crippen molar-refractivity contribution in [1.82, 2.24) is 19.9 Å². The van der Waals surface area contributed by atoms with Crippen LogP contribution in [0, 0.1) is 0 Å². The number of amides is 1. The number of aryl methyl sites for hydroxylation is 1. The lowest BCUT2D eigenvalue weighted by molar-refractivity contribution is -0.201. The Morgan fingerprint density at radius 2 is 1.97 bits per heavy atom. The predicted octanol–water partition coefficient (Wildman–Crippen LogP) is 3.98. The van der Waals surface area contributed by atoms with Gasteiger partial charge in [0.1, 0.15) is 10.6 Å². The maximum Gasteiger partial charge on any atom is 0.471 e. The van der Waals surface area contributed by atoms with E-state index in [9.17, 15) is 31.1 Å². The monoisotopic (exact) mass is 468 g/mol. The second-order valence-electron chi connectivity index (χ2n) is 7.84. The Hall–Kier alpha value is -2.15. The molecule has 0 saturated carbocycles. The van der Waals surface area contributed by atoms with E-state index < -0.39 is 40.8 Å². The van der Waals surface area contributed by atoms with Gasteiger partial charge in [-0.3, -0.25) is 9.48 Å². The quantitative estimate of drug-likeness (QED) is 0.595. The molecule has 2 aromatic rings. The Morgan fingerprint density at radius 3 is 2.55 bits per heavy atom. The number of thiophene rings is 1. The van der Waals surface area contributed by atoms with Gasteiger partial charge in [-0.05, 0) is 18.6 Å². The SMILES string of the molecule is C[C@H]1CC2(C[C@@H](c3cn(C)nn3)N1C(=O)C(F)(F)F)OCCc1sc(C(F)(F)F)cc12.